The zero-order valence-electron chi connectivity index (χ0n) is 10.6. The van der Waals surface area contributed by atoms with Crippen molar-refractivity contribution >= 4 is 11.9 Å². The summed E-state index contributed by atoms with van der Waals surface area (Å²) in [5.74, 6) is -0.156. The van der Waals surface area contributed by atoms with Crippen molar-refractivity contribution < 1.29 is 19.1 Å². The first-order valence-electron chi connectivity index (χ1n) is 5.71. The van der Waals surface area contributed by atoms with Gasteiger partial charge in [-0.25, -0.2) is 0 Å². The molecule has 1 aromatic rings. The van der Waals surface area contributed by atoms with E-state index < -0.39 is 5.97 Å². The van der Waals surface area contributed by atoms with Crippen LogP contribution in [0.25, 0.3) is 0 Å². The monoisotopic (exact) mass is 251 g/mol. The largest absolute Gasteiger partial charge is 0.483 e. The van der Waals surface area contributed by atoms with Gasteiger partial charge in [0.25, 0.3) is 5.91 Å². The highest BCUT2D eigenvalue weighted by Crippen LogP contribution is 2.17. The molecule has 1 N–H and O–H groups in total. The predicted octanol–water partition coefficient (Wildman–Crippen LogP) is 0.917. The highest BCUT2D eigenvalue weighted by Gasteiger charge is 2.07. The van der Waals surface area contributed by atoms with Gasteiger partial charge in [-0.3, -0.25) is 9.59 Å². The van der Waals surface area contributed by atoms with Crippen LogP contribution in [0.1, 0.15) is 12.5 Å². The third-order valence-corrected chi connectivity index (χ3v) is 2.37. The molecule has 0 unspecified atom stereocenters. The number of esters is 1. The van der Waals surface area contributed by atoms with Gasteiger partial charge in [-0.05, 0) is 18.1 Å². The SMILES string of the molecule is CCc1ccccc1OCC(=O)NCC(=O)OC. The first-order valence-corrected chi connectivity index (χ1v) is 5.71. The molecule has 0 aliphatic rings. The van der Waals surface area contributed by atoms with Crippen LogP contribution < -0.4 is 10.1 Å². The summed E-state index contributed by atoms with van der Waals surface area (Å²) in [7, 11) is 1.27. The third kappa shape index (κ3) is 4.45. The van der Waals surface area contributed by atoms with Crippen LogP contribution >= 0.6 is 0 Å². The molecular weight excluding hydrogens is 234 g/mol. The molecule has 0 bridgehead atoms. The molecule has 0 atom stereocenters. The summed E-state index contributed by atoms with van der Waals surface area (Å²) >= 11 is 0. The molecule has 0 spiro atoms. The fourth-order valence-corrected chi connectivity index (χ4v) is 1.37. The normalized spacial score (nSPS) is 9.67. The predicted molar refractivity (Wildman–Crippen MR) is 66.3 cm³/mol. The topological polar surface area (TPSA) is 64.6 Å². The molecule has 0 aliphatic carbocycles. The Balaban J connectivity index is 2.40. The second-order valence-electron chi connectivity index (χ2n) is 3.60. The maximum absolute atomic E-state index is 11.4. The molecule has 0 fully saturated rings. The van der Waals surface area contributed by atoms with Crippen molar-refractivity contribution in [1.29, 1.82) is 0 Å². The minimum absolute atomic E-state index is 0.117. The molecule has 5 heteroatoms. The fourth-order valence-electron chi connectivity index (χ4n) is 1.37. The minimum Gasteiger partial charge on any atom is -0.483 e. The van der Waals surface area contributed by atoms with Crippen LogP contribution in [-0.2, 0) is 20.7 Å². The zero-order chi connectivity index (χ0) is 13.4. The van der Waals surface area contributed by atoms with E-state index in [4.69, 9.17) is 4.74 Å². The number of ether oxygens (including phenoxy) is 2. The number of nitrogens with one attached hydrogen (secondary N) is 1. The van der Waals surface area contributed by atoms with Crippen LogP contribution in [-0.4, -0.2) is 32.1 Å². The highest BCUT2D eigenvalue weighted by atomic mass is 16.5. The van der Waals surface area contributed by atoms with Crippen LogP contribution in [0.15, 0.2) is 24.3 Å². The summed E-state index contributed by atoms with van der Waals surface area (Å²) in [5.41, 5.74) is 1.04. The molecule has 1 aromatic carbocycles. The Morgan fingerprint density at radius 3 is 2.67 bits per heavy atom. The van der Waals surface area contributed by atoms with Crippen LogP contribution in [0.4, 0.5) is 0 Å². The molecule has 0 saturated heterocycles. The lowest BCUT2D eigenvalue weighted by Gasteiger charge is -2.10. The van der Waals surface area contributed by atoms with E-state index in [2.05, 4.69) is 10.1 Å². The maximum Gasteiger partial charge on any atom is 0.325 e. The van der Waals surface area contributed by atoms with Gasteiger partial charge < -0.3 is 14.8 Å². The van der Waals surface area contributed by atoms with Crippen molar-refractivity contribution in [1.82, 2.24) is 5.32 Å². The number of methoxy groups -OCH3 is 1. The zero-order valence-corrected chi connectivity index (χ0v) is 10.6. The van der Waals surface area contributed by atoms with Gasteiger partial charge in [-0.2, -0.15) is 0 Å². The molecule has 98 valence electrons. The molecule has 0 aliphatic heterocycles. The molecule has 0 saturated carbocycles. The Labute approximate surface area is 106 Å². The Hall–Kier alpha value is -2.04. The summed E-state index contributed by atoms with van der Waals surface area (Å²) < 4.78 is 9.80. The van der Waals surface area contributed by atoms with Crippen LogP contribution in [0, 0.1) is 0 Å². The van der Waals surface area contributed by atoms with Crippen molar-refractivity contribution in [2.45, 2.75) is 13.3 Å². The first-order chi connectivity index (χ1) is 8.67. The molecule has 1 rings (SSSR count). The number of hydrogen-bond acceptors (Lipinski definition) is 4. The number of benzene rings is 1. The van der Waals surface area contributed by atoms with Crippen molar-refractivity contribution in [3.05, 3.63) is 29.8 Å². The quantitative estimate of drug-likeness (QED) is 0.763. The van der Waals surface area contributed by atoms with Crippen molar-refractivity contribution in [3.63, 3.8) is 0 Å². The standard InChI is InChI=1S/C13H17NO4/c1-3-10-6-4-5-7-11(10)18-9-12(15)14-8-13(16)17-2/h4-7H,3,8-9H2,1-2H3,(H,14,15). The van der Waals surface area contributed by atoms with E-state index in [9.17, 15) is 9.59 Å². The average Bonchev–Trinajstić information content (AvgIpc) is 2.42. The second-order valence-corrected chi connectivity index (χ2v) is 3.60. The van der Waals surface area contributed by atoms with Gasteiger partial charge in [-0.15, -0.1) is 0 Å². The van der Waals surface area contributed by atoms with Crippen molar-refractivity contribution in [2.75, 3.05) is 20.3 Å². The van der Waals surface area contributed by atoms with E-state index in [1.807, 2.05) is 31.2 Å². The Morgan fingerprint density at radius 2 is 2.00 bits per heavy atom. The van der Waals surface area contributed by atoms with Gasteiger partial charge in [0.05, 0.1) is 7.11 Å². The highest BCUT2D eigenvalue weighted by molar-refractivity contribution is 5.82. The molecule has 1 amide bonds. The lowest BCUT2D eigenvalue weighted by molar-refractivity contribution is -0.141. The van der Waals surface area contributed by atoms with E-state index >= 15 is 0 Å². The summed E-state index contributed by atoms with van der Waals surface area (Å²) in [6, 6.07) is 7.53. The minimum atomic E-state index is -0.489. The Kier molecular flexibility index (Phi) is 5.70. The number of hydrogen-bond donors (Lipinski definition) is 1. The third-order valence-electron chi connectivity index (χ3n) is 2.37. The number of carbonyl (C=O) groups excluding carboxylic acids is 2. The van der Waals surface area contributed by atoms with E-state index in [1.54, 1.807) is 0 Å². The number of carbonyl (C=O) groups is 2. The van der Waals surface area contributed by atoms with Crippen LogP contribution in [0.2, 0.25) is 0 Å². The average molecular weight is 251 g/mol. The smallest absolute Gasteiger partial charge is 0.325 e. The maximum atomic E-state index is 11.4. The van der Waals surface area contributed by atoms with E-state index in [0.29, 0.717) is 5.75 Å². The molecule has 5 nitrogen and oxygen atoms in total. The first kappa shape index (κ1) is 14.0. The lowest BCUT2D eigenvalue weighted by atomic mass is 10.1. The van der Waals surface area contributed by atoms with E-state index in [1.165, 1.54) is 7.11 Å². The van der Waals surface area contributed by atoms with Crippen molar-refractivity contribution in [3.8, 4) is 5.75 Å². The van der Waals surface area contributed by atoms with E-state index in [0.717, 1.165) is 12.0 Å². The fraction of sp³-hybridized carbons (Fsp3) is 0.385. The van der Waals surface area contributed by atoms with Gasteiger partial charge in [0.2, 0.25) is 0 Å². The second kappa shape index (κ2) is 7.32. The summed E-state index contributed by atoms with van der Waals surface area (Å²) in [6.07, 6.45) is 0.833. The summed E-state index contributed by atoms with van der Waals surface area (Å²) in [6.45, 7) is 1.75. The number of aryl methyl sites for hydroxylation is 1. The number of amides is 1. The molecule has 0 aromatic heterocycles. The Bertz CT molecular complexity index is 417. The van der Waals surface area contributed by atoms with Gasteiger partial charge in [-0.1, -0.05) is 25.1 Å². The van der Waals surface area contributed by atoms with Gasteiger partial charge in [0.1, 0.15) is 12.3 Å². The number of para-hydroxylation sites is 1. The lowest BCUT2D eigenvalue weighted by Crippen LogP contribution is -2.33. The Morgan fingerprint density at radius 1 is 1.28 bits per heavy atom. The summed E-state index contributed by atoms with van der Waals surface area (Å²) in [5, 5.41) is 2.40. The summed E-state index contributed by atoms with van der Waals surface area (Å²) in [4.78, 5) is 22.2. The molecule has 0 radical (unpaired) electrons. The molecule has 0 heterocycles. The number of rotatable bonds is 6. The van der Waals surface area contributed by atoms with E-state index in [-0.39, 0.29) is 19.1 Å². The van der Waals surface area contributed by atoms with Gasteiger partial charge in [0, 0.05) is 0 Å². The van der Waals surface area contributed by atoms with Crippen molar-refractivity contribution in [2.24, 2.45) is 0 Å². The van der Waals surface area contributed by atoms with Crippen LogP contribution in [0.3, 0.4) is 0 Å². The molecule has 18 heavy (non-hydrogen) atoms. The molecular formula is C13H17NO4. The van der Waals surface area contributed by atoms with Gasteiger partial charge in [0.15, 0.2) is 6.61 Å². The van der Waals surface area contributed by atoms with Gasteiger partial charge >= 0.3 is 5.97 Å². The van der Waals surface area contributed by atoms with Crippen LogP contribution in [0.5, 0.6) is 5.75 Å².